The lowest BCUT2D eigenvalue weighted by Crippen LogP contribution is -2.21. The van der Waals surface area contributed by atoms with E-state index >= 15 is 0 Å². The topological polar surface area (TPSA) is 84.9 Å². The number of nitrogens with one attached hydrogen (secondary N) is 1. The first-order valence-corrected chi connectivity index (χ1v) is 13.0. The van der Waals surface area contributed by atoms with Gasteiger partial charge in [-0.2, -0.15) is 0 Å². The van der Waals surface area contributed by atoms with Crippen LogP contribution in [0, 0.1) is 13.8 Å². The quantitative estimate of drug-likeness (QED) is 0.416. The molecule has 0 fully saturated rings. The summed E-state index contributed by atoms with van der Waals surface area (Å²) in [7, 11) is -1.51. The fraction of sp³-hybridized carbons (Fsp3) is 0.276. The highest BCUT2D eigenvalue weighted by molar-refractivity contribution is 7.93. The van der Waals surface area contributed by atoms with Crippen LogP contribution in [0.2, 0.25) is 0 Å². The van der Waals surface area contributed by atoms with Gasteiger partial charge in [-0.3, -0.25) is 9.52 Å². The molecule has 0 aromatic heterocycles. The van der Waals surface area contributed by atoms with E-state index in [1.165, 1.54) is 6.08 Å². The van der Waals surface area contributed by atoms with Gasteiger partial charge in [0.1, 0.15) is 18.1 Å². The summed E-state index contributed by atoms with van der Waals surface area (Å²) in [6, 6.07) is 19.6. The first kappa shape index (κ1) is 25.7. The van der Waals surface area contributed by atoms with Crippen LogP contribution in [0.5, 0.6) is 11.5 Å². The molecule has 1 unspecified atom stereocenters. The Balaban J connectivity index is 1.42. The van der Waals surface area contributed by atoms with E-state index in [0.717, 1.165) is 39.1 Å². The Labute approximate surface area is 214 Å². The molecule has 0 radical (unpaired) electrons. The van der Waals surface area contributed by atoms with Gasteiger partial charge in [-0.1, -0.05) is 30.3 Å². The van der Waals surface area contributed by atoms with Gasteiger partial charge in [0.05, 0.1) is 17.1 Å². The molecular formula is C29H31NO5S. The monoisotopic (exact) mass is 505 g/mol. The standard InChI is InChI=1S/C29H31NO5S/c1-19-15-26(34-13-12-29(3,4)32)20(2)14-25(19)23-7-5-6-21(16-23)18-35-24-10-8-22(9-11-24)27-17-28(31)30-36(27)33/h5-11,14-17,32H,12-13,18H2,1-4H3,(H,30,31). The van der Waals surface area contributed by atoms with Gasteiger partial charge in [0, 0.05) is 12.5 Å². The van der Waals surface area contributed by atoms with Crippen LogP contribution < -0.4 is 14.2 Å². The zero-order valence-corrected chi connectivity index (χ0v) is 21.8. The van der Waals surface area contributed by atoms with Gasteiger partial charge in [-0.05, 0) is 91.4 Å². The number of carbonyl (C=O) groups excluding carboxylic acids is 1. The highest BCUT2D eigenvalue weighted by Crippen LogP contribution is 2.31. The average molecular weight is 506 g/mol. The maximum absolute atomic E-state index is 11.9. The molecule has 0 spiro atoms. The summed E-state index contributed by atoms with van der Waals surface area (Å²) in [5.74, 6) is 1.18. The molecule has 0 aliphatic carbocycles. The first-order chi connectivity index (χ1) is 17.1. The van der Waals surface area contributed by atoms with Gasteiger partial charge in [-0.25, -0.2) is 4.21 Å². The third kappa shape index (κ3) is 6.42. The van der Waals surface area contributed by atoms with Crippen LogP contribution in [0.25, 0.3) is 16.0 Å². The predicted octanol–water partition coefficient (Wildman–Crippen LogP) is 5.22. The molecule has 188 valence electrons. The minimum atomic E-state index is -1.51. The zero-order valence-electron chi connectivity index (χ0n) is 21.0. The number of ether oxygens (including phenoxy) is 2. The van der Waals surface area contributed by atoms with E-state index in [1.54, 1.807) is 26.0 Å². The lowest BCUT2D eigenvalue weighted by molar-refractivity contribution is -0.114. The number of carbonyl (C=O) groups is 1. The summed E-state index contributed by atoms with van der Waals surface area (Å²) in [5.41, 5.74) is 5.40. The molecule has 1 amide bonds. The van der Waals surface area contributed by atoms with E-state index in [9.17, 15) is 14.1 Å². The molecule has 0 bridgehead atoms. The van der Waals surface area contributed by atoms with Crippen LogP contribution in [-0.2, 0) is 22.4 Å². The molecule has 1 heterocycles. The number of hydrogen-bond acceptors (Lipinski definition) is 5. The summed E-state index contributed by atoms with van der Waals surface area (Å²) in [6.07, 6.45) is 1.92. The van der Waals surface area contributed by atoms with Gasteiger partial charge in [0.25, 0.3) is 5.91 Å². The molecule has 4 rings (SSSR count). The smallest absolute Gasteiger partial charge is 0.257 e. The Hall–Kier alpha value is -3.42. The van der Waals surface area contributed by atoms with Gasteiger partial charge in [0.15, 0.2) is 11.0 Å². The molecule has 0 saturated carbocycles. The van der Waals surface area contributed by atoms with Gasteiger partial charge < -0.3 is 14.6 Å². The number of rotatable bonds is 9. The molecular weight excluding hydrogens is 474 g/mol. The minimum Gasteiger partial charge on any atom is -0.493 e. The fourth-order valence-electron chi connectivity index (χ4n) is 3.92. The van der Waals surface area contributed by atoms with E-state index in [0.29, 0.717) is 30.3 Å². The van der Waals surface area contributed by atoms with Crippen molar-refractivity contribution in [1.29, 1.82) is 0 Å². The van der Waals surface area contributed by atoms with Crippen molar-refractivity contribution in [2.75, 3.05) is 6.61 Å². The van der Waals surface area contributed by atoms with Crippen molar-refractivity contribution in [3.05, 3.63) is 89.0 Å². The van der Waals surface area contributed by atoms with Crippen molar-refractivity contribution in [2.24, 2.45) is 0 Å². The van der Waals surface area contributed by atoms with Crippen LogP contribution in [0.1, 0.15) is 42.5 Å². The first-order valence-electron chi connectivity index (χ1n) is 11.8. The number of hydrogen-bond donors (Lipinski definition) is 2. The molecule has 1 atom stereocenters. The molecule has 1 aliphatic rings. The average Bonchev–Trinajstić information content (AvgIpc) is 3.17. The molecule has 2 N–H and O–H groups in total. The Morgan fingerprint density at radius 3 is 2.36 bits per heavy atom. The zero-order chi connectivity index (χ0) is 25.9. The largest absolute Gasteiger partial charge is 0.493 e. The van der Waals surface area contributed by atoms with Crippen LogP contribution in [0.3, 0.4) is 0 Å². The summed E-state index contributed by atoms with van der Waals surface area (Å²) < 4.78 is 26.2. The summed E-state index contributed by atoms with van der Waals surface area (Å²) in [4.78, 5) is 11.9. The molecule has 0 saturated heterocycles. The van der Waals surface area contributed by atoms with Crippen molar-refractivity contribution < 1.29 is 23.6 Å². The second-order valence-corrected chi connectivity index (χ2v) is 10.8. The number of aliphatic hydroxyl groups is 1. The van der Waals surface area contributed by atoms with E-state index in [1.807, 2.05) is 31.2 Å². The summed E-state index contributed by atoms with van der Waals surface area (Å²) in [6.45, 7) is 8.52. The lowest BCUT2D eigenvalue weighted by atomic mass is 9.96. The van der Waals surface area contributed by atoms with Crippen LogP contribution in [0.15, 0.2) is 66.7 Å². The SMILES string of the molecule is Cc1cc(-c2cccc(COc3ccc(C4=CC(=O)NS4=O)cc3)c2)c(C)cc1OCCC(C)(C)O. The Kier molecular flexibility index (Phi) is 7.62. The Morgan fingerprint density at radius 2 is 1.69 bits per heavy atom. The van der Waals surface area contributed by atoms with Crippen LogP contribution in [-0.4, -0.2) is 27.4 Å². The second kappa shape index (κ2) is 10.7. The van der Waals surface area contributed by atoms with E-state index in [-0.39, 0.29) is 5.91 Å². The Bertz CT molecular complexity index is 1320. The lowest BCUT2D eigenvalue weighted by Gasteiger charge is -2.19. The molecule has 7 heteroatoms. The van der Waals surface area contributed by atoms with Crippen LogP contribution >= 0.6 is 0 Å². The number of aryl methyl sites for hydroxylation is 2. The Morgan fingerprint density at radius 1 is 0.944 bits per heavy atom. The van der Waals surface area contributed by atoms with Crippen molar-refractivity contribution in [1.82, 2.24) is 4.72 Å². The van der Waals surface area contributed by atoms with Crippen molar-refractivity contribution in [3.63, 3.8) is 0 Å². The molecule has 36 heavy (non-hydrogen) atoms. The van der Waals surface area contributed by atoms with Gasteiger partial charge >= 0.3 is 0 Å². The normalized spacial score (nSPS) is 15.4. The summed E-state index contributed by atoms with van der Waals surface area (Å²) >= 11 is 0. The van der Waals surface area contributed by atoms with Crippen molar-refractivity contribution >= 4 is 21.8 Å². The fourth-order valence-corrected chi connectivity index (χ4v) is 4.83. The predicted molar refractivity (Wildman–Crippen MR) is 143 cm³/mol. The maximum Gasteiger partial charge on any atom is 0.257 e. The number of benzene rings is 3. The van der Waals surface area contributed by atoms with Crippen molar-refractivity contribution in [3.8, 4) is 22.6 Å². The van der Waals surface area contributed by atoms with Gasteiger partial charge in [0.2, 0.25) is 0 Å². The van der Waals surface area contributed by atoms with E-state index in [4.69, 9.17) is 9.47 Å². The third-order valence-corrected chi connectivity index (χ3v) is 7.07. The molecule has 3 aromatic carbocycles. The highest BCUT2D eigenvalue weighted by atomic mass is 32.2. The van der Waals surface area contributed by atoms with Crippen molar-refractivity contribution in [2.45, 2.75) is 46.3 Å². The second-order valence-electron chi connectivity index (χ2n) is 9.60. The molecule has 3 aromatic rings. The highest BCUT2D eigenvalue weighted by Gasteiger charge is 2.20. The maximum atomic E-state index is 11.9. The number of amides is 1. The summed E-state index contributed by atoms with van der Waals surface area (Å²) in [5, 5.41) is 9.91. The van der Waals surface area contributed by atoms with E-state index in [2.05, 4.69) is 35.9 Å². The van der Waals surface area contributed by atoms with Crippen LogP contribution in [0.4, 0.5) is 0 Å². The minimum absolute atomic E-state index is 0.345. The third-order valence-electron chi connectivity index (χ3n) is 5.93. The molecule has 1 aliphatic heterocycles. The molecule has 6 nitrogen and oxygen atoms in total. The van der Waals surface area contributed by atoms with E-state index < -0.39 is 16.6 Å². The van der Waals surface area contributed by atoms with Gasteiger partial charge in [-0.15, -0.1) is 0 Å².